The van der Waals surface area contributed by atoms with Gasteiger partial charge in [-0.25, -0.2) is 8.42 Å². The van der Waals surface area contributed by atoms with Gasteiger partial charge in [0.2, 0.25) is 10.0 Å². The molecule has 106 valence electrons. The molecule has 4 nitrogen and oxygen atoms in total. The van der Waals surface area contributed by atoms with Crippen molar-refractivity contribution in [3.63, 3.8) is 0 Å². The van der Waals surface area contributed by atoms with Crippen LogP contribution in [-0.2, 0) is 10.0 Å². The van der Waals surface area contributed by atoms with E-state index in [0.717, 1.165) is 25.9 Å². The van der Waals surface area contributed by atoms with Crippen LogP contribution in [0.3, 0.4) is 0 Å². The zero-order valence-corrected chi connectivity index (χ0v) is 12.6. The van der Waals surface area contributed by atoms with Gasteiger partial charge in [-0.15, -0.1) is 11.6 Å². The van der Waals surface area contributed by atoms with Gasteiger partial charge in [-0.2, -0.15) is 4.31 Å². The van der Waals surface area contributed by atoms with Crippen molar-refractivity contribution in [1.82, 2.24) is 9.21 Å². The molecule has 0 aromatic carbocycles. The standard InChI is InChI=1S/C12H23ClN2O2S/c1-11-9-14-7-4-5-12(14)10-15(11)18(16,17)8-3-2-6-13/h11-12H,2-10H2,1H3. The predicted molar refractivity (Wildman–Crippen MR) is 74.5 cm³/mol. The van der Waals surface area contributed by atoms with Crippen molar-refractivity contribution < 1.29 is 8.42 Å². The van der Waals surface area contributed by atoms with E-state index in [4.69, 9.17) is 11.6 Å². The summed E-state index contributed by atoms with van der Waals surface area (Å²) in [6.45, 7) is 4.73. The number of fused-ring (bicyclic) bond motifs is 1. The number of nitrogens with zero attached hydrogens (tertiary/aromatic N) is 2. The zero-order valence-electron chi connectivity index (χ0n) is 11.0. The molecule has 0 bridgehead atoms. The Bertz CT molecular complexity index is 374. The smallest absolute Gasteiger partial charge is 0.214 e. The number of halogens is 1. The maximum Gasteiger partial charge on any atom is 0.214 e. The summed E-state index contributed by atoms with van der Waals surface area (Å²) in [7, 11) is -3.10. The molecular formula is C12H23ClN2O2S. The predicted octanol–water partition coefficient (Wildman–Crippen LogP) is 1.50. The van der Waals surface area contributed by atoms with E-state index >= 15 is 0 Å². The molecule has 0 saturated carbocycles. The molecule has 0 N–H and O–H groups in total. The molecule has 0 aromatic rings. The van der Waals surface area contributed by atoms with Crippen molar-refractivity contribution in [2.75, 3.05) is 31.3 Å². The maximum atomic E-state index is 12.3. The summed E-state index contributed by atoms with van der Waals surface area (Å²) in [6, 6.07) is 0.560. The lowest BCUT2D eigenvalue weighted by atomic mass is 10.1. The second-order valence-corrected chi connectivity index (χ2v) is 7.84. The Balaban J connectivity index is 1.98. The summed E-state index contributed by atoms with van der Waals surface area (Å²) in [5.41, 5.74) is 0. The van der Waals surface area contributed by atoms with Crippen LogP contribution >= 0.6 is 11.6 Å². The summed E-state index contributed by atoms with van der Waals surface area (Å²) < 4.78 is 26.4. The van der Waals surface area contributed by atoms with Gasteiger partial charge in [0.05, 0.1) is 5.75 Å². The molecular weight excluding hydrogens is 272 g/mol. The van der Waals surface area contributed by atoms with Crippen LogP contribution in [-0.4, -0.2) is 61.0 Å². The van der Waals surface area contributed by atoms with Crippen molar-refractivity contribution in [2.24, 2.45) is 0 Å². The minimum absolute atomic E-state index is 0.111. The van der Waals surface area contributed by atoms with E-state index < -0.39 is 10.0 Å². The van der Waals surface area contributed by atoms with Crippen LogP contribution in [0.25, 0.3) is 0 Å². The average molecular weight is 295 g/mol. The highest BCUT2D eigenvalue weighted by molar-refractivity contribution is 7.89. The fourth-order valence-corrected chi connectivity index (χ4v) is 5.05. The third kappa shape index (κ3) is 3.18. The lowest BCUT2D eigenvalue weighted by Crippen LogP contribution is -2.57. The summed E-state index contributed by atoms with van der Waals surface area (Å²) in [5, 5.41) is 0. The minimum atomic E-state index is -3.10. The minimum Gasteiger partial charge on any atom is -0.297 e. The number of hydrogen-bond acceptors (Lipinski definition) is 3. The topological polar surface area (TPSA) is 40.6 Å². The van der Waals surface area contributed by atoms with Crippen LogP contribution in [0, 0.1) is 0 Å². The molecule has 2 heterocycles. The van der Waals surface area contributed by atoms with Gasteiger partial charge in [-0.05, 0) is 39.2 Å². The van der Waals surface area contributed by atoms with Gasteiger partial charge in [0.25, 0.3) is 0 Å². The number of rotatable bonds is 5. The number of piperazine rings is 1. The molecule has 0 aromatic heterocycles. The Morgan fingerprint density at radius 1 is 1.28 bits per heavy atom. The lowest BCUT2D eigenvalue weighted by molar-refractivity contribution is 0.117. The number of sulfonamides is 1. The molecule has 0 spiro atoms. The van der Waals surface area contributed by atoms with Crippen molar-refractivity contribution in [1.29, 1.82) is 0 Å². The fourth-order valence-electron chi connectivity index (χ4n) is 3.04. The molecule has 0 radical (unpaired) electrons. The van der Waals surface area contributed by atoms with E-state index in [9.17, 15) is 8.42 Å². The quantitative estimate of drug-likeness (QED) is 0.570. The first-order valence-corrected chi connectivity index (χ1v) is 8.98. The largest absolute Gasteiger partial charge is 0.297 e. The molecule has 0 amide bonds. The van der Waals surface area contributed by atoms with E-state index in [-0.39, 0.29) is 11.8 Å². The van der Waals surface area contributed by atoms with Crippen LogP contribution in [0.1, 0.15) is 32.6 Å². The van der Waals surface area contributed by atoms with Gasteiger partial charge < -0.3 is 0 Å². The highest BCUT2D eigenvalue weighted by Crippen LogP contribution is 2.26. The Morgan fingerprint density at radius 3 is 2.78 bits per heavy atom. The zero-order chi connectivity index (χ0) is 13.2. The first-order valence-electron chi connectivity index (χ1n) is 6.84. The molecule has 18 heavy (non-hydrogen) atoms. The Hall–Kier alpha value is 0.160. The van der Waals surface area contributed by atoms with Crippen LogP contribution in [0.5, 0.6) is 0 Å². The molecule has 0 aliphatic carbocycles. The summed E-state index contributed by atoms with van der Waals surface area (Å²) in [6.07, 6.45) is 3.79. The summed E-state index contributed by atoms with van der Waals surface area (Å²) in [4.78, 5) is 2.44. The molecule has 2 unspecified atom stereocenters. The third-order valence-corrected chi connectivity index (χ3v) is 6.32. The molecule has 2 rings (SSSR count). The van der Waals surface area contributed by atoms with Crippen LogP contribution in [0.2, 0.25) is 0 Å². The summed E-state index contributed by atoms with van der Waals surface area (Å²) >= 11 is 5.60. The second kappa shape index (κ2) is 6.07. The highest BCUT2D eigenvalue weighted by Gasteiger charge is 2.39. The van der Waals surface area contributed by atoms with E-state index in [0.29, 0.717) is 24.9 Å². The molecule has 2 saturated heterocycles. The Kier molecular flexibility index (Phi) is 4.92. The Morgan fingerprint density at radius 2 is 2.06 bits per heavy atom. The molecule has 2 aliphatic rings. The van der Waals surface area contributed by atoms with Crippen molar-refractivity contribution in [2.45, 2.75) is 44.7 Å². The fraction of sp³-hybridized carbons (Fsp3) is 1.00. The van der Waals surface area contributed by atoms with Crippen molar-refractivity contribution in [3.05, 3.63) is 0 Å². The van der Waals surface area contributed by atoms with E-state index in [1.54, 1.807) is 4.31 Å². The lowest BCUT2D eigenvalue weighted by Gasteiger charge is -2.41. The third-order valence-electron chi connectivity index (χ3n) is 4.02. The molecule has 6 heteroatoms. The molecule has 2 atom stereocenters. The van der Waals surface area contributed by atoms with Gasteiger partial charge in [0.1, 0.15) is 0 Å². The summed E-state index contributed by atoms with van der Waals surface area (Å²) in [5.74, 6) is 0.790. The van der Waals surface area contributed by atoms with Crippen LogP contribution in [0.15, 0.2) is 0 Å². The van der Waals surface area contributed by atoms with E-state index in [1.165, 1.54) is 6.42 Å². The highest BCUT2D eigenvalue weighted by atomic mass is 35.5. The molecule has 2 aliphatic heterocycles. The van der Waals surface area contributed by atoms with Gasteiger partial charge in [-0.1, -0.05) is 0 Å². The second-order valence-electron chi connectivity index (χ2n) is 5.42. The average Bonchev–Trinajstić information content (AvgIpc) is 2.75. The number of hydrogen-bond donors (Lipinski definition) is 0. The van der Waals surface area contributed by atoms with Gasteiger partial charge in [0.15, 0.2) is 0 Å². The first kappa shape index (κ1) is 14.6. The Labute approximate surface area is 115 Å². The van der Waals surface area contributed by atoms with Gasteiger partial charge >= 0.3 is 0 Å². The van der Waals surface area contributed by atoms with E-state index in [1.807, 2.05) is 6.92 Å². The monoisotopic (exact) mass is 294 g/mol. The van der Waals surface area contributed by atoms with Crippen molar-refractivity contribution >= 4 is 21.6 Å². The SMILES string of the molecule is CC1CN2CCCC2CN1S(=O)(=O)CCCCCl. The van der Waals surface area contributed by atoms with Crippen molar-refractivity contribution in [3.8, 4) is 0 Å². The van der Waals surface area contributed by atoms with E-state index in [2.05, 4.69) is 4.90 Å². The molecule has 2 fully saturated rings. The van der Waals surface area contributed by atoms with Crippen LogP contribution in [0.4, 0.5) is 0 Å². The first-order chi connectivity index (χ1) is 8.54. The number of unbranched alkanes of at least 4 members (excludes halogenated alkanes) is 1. The number of alkyl halides is 1. The van der Waals surface area contributed by atoms with Gasteiger partial charge in [0, 0.05) is 31.1 Å². The maximum absolute atomic E-state index is 12.3. The normalized spacial score (nSPS) is 30.6. The van der Waals surface area contributed by atoms with Crippen LogP contribution < -0.4 is 0 Å². The van der Waals surface area contributed by atoms with Gasteiger partial charge in [-0.3, -0.25) is 4.90 Å².